The molecule has 0 unspecified atom stereocenters. The summed E-state index contributed by atoms with van der Waals surface area (Å²) in [4.78, 5) is 42.7. The van der Waals surface area contributed by atoms with E-state index in [1.54, 1.807) is 0 Å². The number of amides is 2. The Morgan fingerprint density at radius 2 is 1.98 bits per heavy atom. The zero-order chi connectivity index (χ0) is 28.5. The zero-order valence-electron chi connectivity index (χ0n) is 22.5. The van der Waals surface area contributed by atoms with Crippen LogP contribution in [0.5, 0.6) is 0 Å². The number of halogens is 1. The largest absolute Gasteiger partial charge is 0.471 e. The van der Waals surface area contributed by atoms with Crippen LogP contribution in [-0.4, -0.2) is 49.0 Å². The summed E-state index contributed by atoms with van der Waals surface area (Å²) in [5, 5.41) is 12.9. The first-order valence-electron chi connectivity index (χ1n) is 13.1. The molecule has 210 valence electrons. The first-order chi connectivity index (χ1) is 19.4. The first-order valence-corrected chi connectivity index (χ1v) is 13.4. The van der Waals surface area contributed by atoms with Gasteiger partial charge in [-0.2, -0.15) is 0 Å². The van der Waals surface area contributed by atoms with Crippen LogP contribution in [0, 0.1) is 0 Å². The number of carbonyl (C=O) groups excluding carboxylic acids is 3. The molecule has 0 saturated carbocycles. The maximum Gasteiger partial charge on any atom is 0.292 e. The van der Waals surface area contributed by atoms with Gasteiger partial charge in [-0.25, -0.2) is 4.98 Å². The Labute approximate surface area is 237 Å². The van der Waals surface area contributed by atoms with Crippen molar-refractivity contribution in [2.45, 2.75) is 38.3 Å². The number of ether oxygens (including phenoxy) is 1. The van der Waals surface area contributed by atoms with E-state index in [0.29, 0.717) is 59.2 Å². The summed E-state index contributed by atoms with van der Waals surface area (Å²) < 4.78 is 3.86. The normalized spacial score (nSPS) is 17.1. The standard InChI is InChI=1S/C27H29ClN6O2.C2H4O2/c1-29-19-9-10-20-22(14-19)31-23(35)6-4-2-3-5-21(26-33-24(20)25(28)34-26)32-27(36)17-7-8-18-15-30-12-11-16(18)13-17;1-4-2-3/h2-3,7-10,13-14,21,29-30H,4-6,11-12,15H2,1H3,(H,31,35)(H,32,36)(H,33,34);2H,1H3/b3-2+;/t21-;/m0./s1. The van der Waals surface area contributed by atoms with Crippen LogP contribution >= 0.6 is 11.6 Å². The molecule has 0 saturated heterocycles. The minimum Gasteiger partial charge on any atom is -0.471 e. The second kappa shape index (κ2) is 13.8. The topological polar surface area (TPSA) is 137 Å². The molecule has 0 radical (unpaired) electrons. The highest BCUT2D eigenvalue weighted by atomic mass is 35.5. The van der Waals surface area contributed by atoms with Crippen molar-refractivity contribution < 1.29 is 19.1 Å². The lowest BCUT2D eigenvalue weighted by molar-refractivity contribution is -0.126. The van der Waals surface area contributed by atoms with Gasteiger partial charge in [-0.05, 0) is 67.3 Å². The van der Waals surface area contributed by atoms with Crippen molar-refractivity contribution in [3.05, 3.63) is 76.2 Å². The SMILES string of the molecule is CNc1ccc2c(c1)NC(=O)CC/C=C/C[C@H](NC(=O)c1ccc3c(c1)CCNC3)c1nc-2c(Cl)[nH]1.COC=O. The van der Waals surface area contributed by atoms with E-state index in [4.69, 9.17) is 21.4 Å². The molecule has 3 heterocycles. The molecule has 3 aromatic rings. The van der Waals surface area contributed by atoms with E-state index in [1.165, 1.54) is 18.2 Å². The number of aromatic nitrogens is 2. The number of allylic oxidation sites excluding steroid dienone is 1. The van der Waals surface area contributed by atoms with Crippen molar-refractivity contribution in [2.75, 3.05) is 31.3 Å². The second-order valence-corrected chi connectivity index (χ2v) is 9.74. The number of methoxy groups -OCH3 is 1. The summed E-state index contributed by atoms with van der Waals surface area (Å²) in [6, 6.07) is 11.1. The van der Waals surface area contributed by atoms with E-state index in [9.17, 15) is 9.59 Å². The molecule has 0 spiro atoms. The number of aromatic amines is 1. The Morgan fingerprint density at radius 1 is 1.15 bits per heavy atom. The zero-order valence-corrected chi connectivity index (χ0v) is 23.2. The highest BCUT2D eigenvalue weighted by molar-refractivity contribution is 6.32. The average molecular weight is 565 g/mol. The van der Waals surface area contributed by atoms with Gasteiger partial charge in [0.2, 0.25) is 5.91 Å². The van der Waals surface area contributed by atoms with Gasteiger partial charge in [-0.3, -0.25) is 14.4 Å². The van der Waals surface area contributed by atoms with Crippen LogP contribution in [-0.2, 0) is 27.3 Å². The lowest BCUT2D eigenvalue weighted by atomic mass is 9.98. The van der Waals surface area contributed by atoms with Crippen molar-refractivity contribution in [1.82, 2.24) is 20.6 Å². The molecular weight excluding hydrogens is 532 g/mol. The molecule has 40 heavy (non-hydrogen) atoms. The smallest absolute Gasteiger partial charge is 0.292 e. The summed E-state index contributed by atoms with van der Waals surface area (Å²) in [5.41, 5.74) is 5.77. The highest BCUT2D eigenvalue weighted by Crippen LogP contribution is 2.35. The number of rotatable bonds is 4. The predicted molar refractivity (Wildman–Crippen MR) is 155 cm³/mol. The van der Waals surface area contributed by atoms with E-state index in [0.717, 1.165) is 25.2 Å². The van der Waals surface area contributed by atoms with Crippen molar-refractivity contribution in [2.24, 2.45) is 0 Å². The lowest BCUT2D eigenvalue weighted by Crippen LogP contribution is -2.30. The molecule has 10 nitrogen and oxygen atoms in total. The number of benzene rings is 2. The first kappa shape index (κ1) is 28.8. The second-order valence-electron chi connectivity index (χ2n) is 9.36. The van der Waals surface area contributed by atoms with Crippen LogP contribution in [0.2, 0.25) is 5.15 Å². The Kier molecular flexibility index (Phi) is 9.93. The van der Waals surface area contributed by atoms with Gasteiger partial charge in [0, 0.05) is 36.8 Å². The van der Waals surface area contributed by atoms with Gasteiger partial charge in [0.1, 0.15) is 16.7 Å². The van der Waals surface area contributed by atoms with Crippen LogP contribution < -0.4 is 21.3 Å². The fraction of sp³-hybridized carbons (Fsp3) is 0.310. The quantitative estimate of drug-likeness (QED) is 0.234. The summed E-state index contributed by atoms with van der Waals surface area (Å²) in [6.07, 6.45) is 6.28. The number of carbonyl (C=O) groups is 3. The molecule has 2 aliphatic rings. The summed E-state index contributed by atoms with van der Waals surface area (Å²) in [5.74, 6) is 0.307. The maximum absolute atomic E-state index is 13.3. The number of anilines is 2. The monoisotopic (exact) mass is 564 g/mol. The molecule has 5 N–H and O–H groups in total. The molecule has 11 heteroatoms. The Bertz CT molecular complexity index is 1400. The van der Waals surface area contributed by atoms with E-state index in [1.807, 2.05) is 55.6 Å². The Hall–Kier alpha value is -4.15. The summed E-state index contributed by atoms with van der Waals surface area (Å²) >= 11 is 6.60. The van der Waals surface area contributed by atoms with Crippen LogP contribution in [0.4, 0.5) is 11.4 Å². The van der Waals surface area contributed by atoms with Crippen molar-refractivity contribution in [3.63, 3.8) is 0 Å². The van der Waals surface area contributed by atoms with Crippen LogP contribution in [0.15, 0.2) is 48.6 Å². The van der Waals surface area contributed by atoms with Crippen LogP contribution in [0.1, 0.15) is 52.6 Å². The van der Waals surface area contributed by atoms with Crippen LogP contribution in [0.3, 0.4) is 0 Å². The van der Waals surface area contributed by atoms with Gasteiger partial charge in [0.25, 0.3) is 12.4 Å². The van der Waals surface area contributed by atoms with Crippen molar-refractivity contribution in [3.8, 4) is 11.3 Å². The van der Waals surface area contributed by atoms with E-state index in [-0.39, 0.29) is 11.8 Å². The fourth-order valence-corrected chi connectivity index (χ4v) is 4.84. The van der Waals surface area contributed by atoms with Crippen LogP contribution in [0.25, 0.3) is 11.3 Å². The fourth-order valence-electron chi connectivity index (χ4n) is 4.60. The molecule has 2 amide bonds. The van der Waals surface area contributed by atoms with Gasteiger partial charge in [0.05, 0.1) is 18.8 Å². The molecule has 1 aromatic heterocycles. The third-order valence-electron chi connectivity index (χ3n) is 6.68. The Morgan fingerprint density at radius 3 is 2.75 bits per heavy atom. The van der Waals surface area contributed by atoms with E-state index < -0.39 is 6.04 Å². The third-order valence-corrected chi connectivity index (χ3v) is 6.95. The van der Waals surface area contributed by atoms with Gasteiger partial charge >= 0.3 is 0 Å². The van der Waals surface area contributed by atoms with E-state index in [2.05, 4.69) is 31.0 Å². The molecule has 0 aliphatic carbocycles. The number of hydrogen-bond donors (Lipinski definition) is 5. The minimum absolute atomic E-state index is 0.0901. The van der Waals surface area contributed by atoms with E-state index >= 15 is 0 Å². The highest BCUT2D eigenvalue weighted by Gasteiger charge is 2.23. The molecule has 0 fully saturated rings. The number of hydrogen-bond acceptors (Lipinski definition) is 7. The molecular formula is C29H33ClN6O4. The summed E-state index contributed by atoms with van der Waals surface area (Å²) in [7, 11) is 3.13. The molecule has 5 rings (SSSR count). The number of nitrogens with zero attached hydrogens (tertiary/aromatic N) is 1. The van der Waals surface area contributed by atoms with Gasteiger partial charge < -0.3 is 31.0 Å². The number of H-pyrrole nitrogens is 1. The average Bonchev–Trinajstić information content (AvgIpc) is 3.36. The number of nitrogens with one attached hydrogen (secondary N) is 5. The number of imidazole rings is 1. The maximum atomic E-state index is 13.3. The number of fused-ring (bicyclic) bond motifs is 5. The molecule has 2 aliphatic heterocycles. The third kappa shape index (κ3) is 7.08. The van der Waals surface area contributed by atoms with Crippen molar-refractivity contribution >= 4 is 41.3 Å². The molecule has 2 bridgehead atoms. The lowest BCUT2D eigenvalue weighted by Gasteiger charge is -2.19. The van der Waals surface area contributed by atoms with Gasteiger partial charge in [-0.15, -0.1) is 0 Å². The molecule has 1 atom stereocenters. The minimum atomic E-state index is -0.415. The predicted octanol–water partition coefficient (Wildman–Crippen LogP) is 4.36. The van der Waals surface area contributed by atoms with Crippen molar-refractivity contribution in [1.29, 1.82) is 0 Å². The Balaban J connectivity index is 0.000000867. The summed E-state index contributed by atoms with van der Waals surface area (Å²) in [6.45, 7) is 2.11. The molecule has 2 aromatic carbocycles. The van der Waals surface area contributed by atoms with Gasteiger partial charge in [-0.1, -0.05) is 29.8 Å². The van der Waals surface area contributed by atoms with Gasteiger partial charge in [0.15, 0.2) is 0 Å².